The van der Waals surface area contributed by atoms with Crippen LogP contribution in [0, 0.1) is 5.92 Å². The van der Waals surface area contributed by atoms with E-state index >= 15 is 0 Å². The molecule has 3 nitrogen and oxygen atoms in total. The number of ketones is 1. The number of fused-ring (bicyclic) bond motifs is 1. The molecule has 0 N–H and O–H groups in total. The third-order valence-corrected chi connectivity index (χ3v) is 4.50. The van der Waals surface area contributed by atoms with Crippen LogP contribution in [0.5, 0.6) is 0 Å². The van der Waals surface area contributed by atoms with Gasteiger partial charge in [0.1, 0.15) is 0 Å². The Morgan fingerprint density at radius 3 is 2.60 bits per heavy atom. The number of para-hydroxylation sites is 1. The van der Waals surface area contributed by atoms with Crippen LogP contribution >= 0.6 is 0 Å². The summed E-state index contributed by atoms with van der Waals surface area (Å²) in [5.41, 5.74) is 1.54. The van der Waals surface area contributed by atoms with Crippen LogP contribution in [-0.2, 0) is 4.79 Å². The molecule has 0 saturated heterocycles. The van der Waals surface area contributed by atoms with Crippen molar-refractivity contribution in [1.82, 2.24) is 0 Å². The normalized spacial score (nSPS) is 20.4. The molecular formula is C17H21NO2. The molecule has 1 amide bonds. The summed E-state index contributed by atoms with van der Waals surface area (Å²) in [5.74, 6) is 0.552. The van der Waals surface area contributed by atoms with E-state index < -0.39 is 0 Å². The Labute approximate surface area is 120 Å². The summed E-state index contributed by atoms with van der Waals surface area (Å²) in [4.78, 5) is 26.8. The lowest BCUT2D eigenvalue weighted by molar-refractivity contribution is -0.123. The fraction of sp³-hybridized carbons (Fsp3) is 0.529. The van der Waals surface area contributed by atoms with Crippen LogP contribution in [0.2, 0.25) is 0 Å². The van der Waals surface area contributed by atoms with Crippen LogP contribution in [0.15, 0.2) is 24.3 Å². The Bertz CT molecular complexity index is 517. The maximum Gasteiger partial charge on any atom is 0.230 e. The summed E-state index contributed by atoms with van der Waals surface area (Å²) in [6.45, 7) is 0.679. The summed E-state index contributed by atoms with van der Waals surface area (Å²) < 4.78 is 0. The highest BCUT2D eigenvalue weighted by molar-refractivity contribution is 6.07. The number of Topliss-reactive ketones (excluding diaryl/α,β-unsaturated/α-hetero) is 1. The smallest absolute Gasteiger partial charge is 0.230 e. The van der Waals surface area contributed by atoms with Crippen LogP contribution in [0.4, 0.5) is 5.69 Å². The molecule has 1 fully saturated rings. The number of benzene rings is 1. The maximum atomic E-state index is 12.8. The number of hydrogen-bond donors (Lipinski definition) is 0. The second-order valence-electron chi connectivity index (χ2n) is 5.87. The van der Waals surface area contributed by atoms with Crippen molar-refractivity contribution in [1.29, 1.82) is 0 Å². The summed E-state index contributed by atoms with van der Waals surface area (Å²) in [6, 6.07) is 7.56. The number of anilines is 1. The minimum absolute atomic E-state index is 0.157. The van der Waals surface area contributed by atoms with E-state index in [1.54, 1.807) is 0 Å². The zero-order valence-corrected chi connectivity index (χ0v) is 11.8. The molecule has 106 valence electrons. The van der Waals surface area contributed by atoms with Gasteiger partial charge in [0, 0.05) is 24.4 Å². The Kier molecular flexibility index (Phi) is 3.86. The topological polar surface area (TPSA) is 37.4 Å². The molecule has 3 heteroatoms. The Hall–Kier alpha value is -1.64. The van der Waals surface area contributed by atoms with Crippen LogP contribution in [0.25, 0.3) is 0 Å². The first-order valence-corrected chi connectivity index (χ1v) is 7.71. The van der Waals surface area contributed by atoms with Gasteiger partial charge in [-0.1, -0.05) is 31.4 Å². The molecule has 0 aromatic heterocycles. The molecule has 2 aliphatic rings. The minimum atomic E-state index is 0.157. The SMILES string of the molecule is O=C1CCCN(C(=O)C2CCCCC2)c2ccccc21. The Morgan fingerprint density at radius 2 is 1.80 bits per heavy atom. The Balaban J connectivity index is 1.90. The summed E-state index contributed by atoms with van der Waals surface area (Å²) in [6.07, 6.45) is 6.89. The average Bonchev–Trinajstić information content (AvgIpc) is 2.67. The van der Waals surface area contributed by atoms with E-state index in [1.807, 2.05) is 29.2 Å². The van der Waals surface area contributed by atoms with E-state index in [4.69, 9.17) is 0 Å². The molecule has 1 aliphatic heterocycles. The second-order valence-corrected chi connectivity index (χ2v) is 5.87. The number of rotatable bonds is 1. The summed E-state index contributed by atoms with van der Waals surface area (Å²) in [5, 5.41) is 0. The second kappa shape index (κ2) is 5.78. The molecule has 0 bridgehead atoms. The third kappa shape index (κ3) is 2.49. The van der Waals surface area contributed by atoms with Gasteiger partial charge in [-0.2, -0.15) is 0 Å². The molecule has 0 radical (unpaired) electrons. The maximum absolute atomic E-state index is 12.8. The van der Waals surface area contributed by atoms with E-state index in [1.165, 1.54) is 6.42 Å². The standard InChI is InChI=1S/C17H21NO2/c19-16-11-6-12-18(15-10-5-4-9-14(15)16)17(20)13-7-2-1-3-8-13/h4-5,9-10,13H,1-3,6-8,11-12H2. The van der Waals surface area contributed by atoms with Crippen molar-refractivity contribution in [2.45, 2.75) is 44.9 Å². The van der Waals surface area contributed by atoms with E-state index in [0.29, 0.717) is 18.5 Å². The number of carbonyl (C=O) groups is 2. The average molecular weight is 271 g/mol. The first-order valence-electron chi connectivity index (χ1n) is 7.71. The number of nitrogens with zero attached hydrogens (tertiary/aromatic N) is 1. The van der Waals surface area contributed by atoms with E-state index in [9.17, 15) is 9.59 Å². The van der Waals surface area contributed by atoms with Crippen LogP contribution in [0.3, 0.4) is 0 Å². The quantitative estimate of drug-likeness (QED) is 0.783. The molecule has 1 aliphatic carbocycles. The predicted octanol–water partition coefficient (Wildman–Crippen LogP) is 3.58. The molecule has 0 unspecified atom stereocenters. The zero-order chi connectivity index (χ0) is 13.9. The van der Waals surface area contributed by atoms with E-state index in [-0.39, 0.29) is 17.6 Å². The predicted molar refractivity (Wildman–Crippen MR) is 78.9 cm³/mol. The van der Waals surface area contributed by atoms with Gasteiger partial charge in [0.25, 0.3) is 0 Å². The van der Waals surface area contributed by atoms with Crippen molar-refractivity contribution >= 4 is 17.4 Å². The van der Waals surface area contributed by atoms with Crippen LogP contribution < -0.4 is 4.90 Å². The van der Waals surface area contributed by atoms with Crippen molar-refractivity contribution in [3.8, 4) is 0 Å². The van der Waals surface area contributed by atoms with Gasteiger partial charge in [0.05, 0.1) is 5.69 Å². The fourth-order valence-corrected chi connectivity index (χ4v) is 3.40. The molecule has 1 aromatic rings. The number of carbonyl (C=O) groups excluding carboxylic acids is 2. The van der Waals surface area contributed by atoms with Crippen molar-refractivity contribution < 1.29 is 9.59 Å². The molecule has 1 aromatic carbocycles. The molecule has 1 heterocycles. The molecule has 1 saturated carbocycles. The molecule has 3 rings (SSSR count). The summed E-state index contributed by atoms with van der Waals surface area (Å²) >= 11 is 0. The Morgan fingerprint density at radius 1 is 1.05 bits per heavy atom. The van der Waals surface area contributed by atoms with Gasteiger partial charge in [-0.25, -0.2) is 0 Å². The first kappa shape index (κ1) is 13.3. The van der Waals surface area contributed by atoms with E-state index in [2.05, 4.69) is 0 Å². The third-order valence-electron chi connectivity index (χ3n) is 4.50. The highest BCUT2D eigenvalue weighted by Crippen LogP contribution is 2.31. The lowest BCUT2D eigenvalue weighted by Gasteiger charge is -2.29. The van der Waals surface area contributed by atoms with Crippen molar-refractivity contribution in [3.05, 3.63) is 29.8 Å². The van der Waals surface area contributed by atoms with Gasteiger partial charge in [-0.15, -0.1) is 0 Å². The van der Waals surface area contributed by atoms with Gasteiger partial charge in [-0.3, -0.25) is 9.59 Å². The van der Waals surface area contributed by atoms with Gasteiger partial charge in [0.2, 0.25) is 5.91 Å². The van der Waals surface area contributed by atoms with Crippen molar-refractivity contribution in [2.75, 3.05) is 11.4 Å². The van der Waals surface area contributed by atoms with Crippen LogP contribution in [0.1, 0.15) is 55.3 Å². The molecule has 0 atom stereocenters. The monoisotopic (exact) mass is 271 g/mol. The highest BCUT2D eigenvalue weighted by atomic mass is 16.2. The van der Waals surface area contributed by atoms with Crippen molar-refractivity contribution in [3.63, 3.8) is 0 Å². The van der Waals surface area contributed by atoms with Gasteiger partial charge >= 0.3 is 0 Å². The largest absolute Gasteiger partial charge is 0.311 e. The molecule has 20 heavy (non-hydrogen) atoms. The minimum Gasteiger partial charge on any atom is -0.311 e. The van der Waals surface area contributed by atoms with E-state index in [0.717, 1.165) is 37.8 Å². The van der Waals surface area contributed by atoms with Gasteiger partial charge in [-0.05, 0) is 31.4 Å². The molecule has 0 spiro atoms. The summed E-state index contributed by atoms with van der Waals surface area (Å²) in [7, 11) is 0. The fourth-order valence-electron chi connectivity index (χ4n) is 3.40. The van der Waals surface area contributed by atoms with Gasteiger partial charge < -0.3 is 4.90 Å². The lowest BCUT2D eigenvalue weighted by atomic mass is 9.88. The number of amides is 1. The first-order chi connectivity index (χ1) is 9.77. The highest BCUT2D eigenvalue weighted by Gasteiger charge is 2.30. The number of hydrogen-bond acceptors (Lipinski definition) is 2. The van der Waals surface area contributed by atoms with Crippen LogP contribution in [-0.4, -0.2) is 18.2 Å². The zero-order valence-electron chi connectivity index (χ0n) is 11.8. The van der Waals surface area contributed by atoms with Crippen molar-refractivity contribution in [2.24, 2.45) is 5.92 Å². The van der Waals surface area contributed by atoms with Gasteiger partial charge in [0.15, 0.2) is 5.78 Å². The lowest BCUT2D eigenvalue weighted by Crippen LogP contribution is -2.37. The molecular weight excluding hydrogens is 250 g/mol.